The first kappa shape index (κ1) is 28.9. The molecule has 6 rings (SSSR count). The molecule has 4 aromatic rings. The largest absolute Gasteiger partial charge is 0.497 e. The highest BCUT2D eigenvalue weighted by molar-refractivity contribution is 6.12. The predicted octanol–water partition coefficient (Wildman–Crippen LogP) is 6.94. The highest BCUT2D eigenvalue weighted by Crippen LogP contribution is 2.49. The van der Waals surface area contributed by atoms with Crippen LogP contribution in [0.5, 0.6) is 23.0 Å². The fraction of sp³-hybridized carbons (Fsp3) is 0.222. The topological polar surface area (TPSA) is 86.3 Å². The average molecular weight is 591 g/mol. The number of fused-ring (bicyclic) bond motifs is 1. The molecule has 224 valence electrons. The number of hydrogen-bond acceptors (Lipinski definition) is 7. The molecule has 8 heteroatoms. The van der Waals surface area contributed by atoms with Gasteiger partial charge in [0.1, 0.15) is 5.75 Å². The van der Waals surface area contributed by atoms with Gasteiger partial charge in [-0.05, 0) is 59.9 Å². The van der Waals surface area contributed by atoms with Gasteiger partial charge in [0.05, 0.1) is 45.9 Å². The lowest BCUT2D eigenvalue weighted by molar-refractivity contribution is -0.116. The number of allylic oxidation sites excluding steroid dienone is 1. The molecule has 0 bridgehead atoms. The van der Waals surface area contributed by atoms with Crippen molar-refractivity contribution < 1.29 is 28.5 Å². The minimum absolute atomic E-state index is 0.00503. The normalized spacial score (nSPS) is 17.5. The number of ketones is 1. The molecular formula is C36H34N2O6. The van der Waals surface area contributed by atoms with E-state index in [0.29, 0.717) is 52.7 Å². The third-order valence-electron chi connectivity index (χ3n) is 8.30. The molecule has 1 aliphatic heterocycles. The van der Waals surface area contributed by atoms with Gasteiger partial charge in [-0.3, -0.25) is 14.5 Å². The lowest BCUT2D eigenvalue weighted by Crippen LogP contribution is -2.38. The molecule has 4 aromatic carbocycles. The van der Waals surface area contributed by atoms with Crippen molar-refractivity contribution in [1.82, 2.24) is 0 Å². The van der Waals surface area contributed by atoms with Gasteiger partial charge >= 0.3 is 0 Å². The van der Waals surface area contributed by atoms with E-state index in [-0.39, 0.29) is 17.6 Å². The van der Waals surface area contributed by atoms with Crippen LogP contribution < -0.4 is 29.2 Å². The average Bonchev–Trinajstić information content (AvgIpc) is 3.22. The predicted molar refractivity (Wildman–Crippen MR) is 169 cm³/mol. The maximum absolute atomic E-state index is 14.8. The monoisotopic (exact) mass is 590 g/mol. The number of nitrogens with one attached hydrogen (secondary N) is 1. The number of hydrogen-bond donors (Lipinski definition) is 1. The van der Waals surface area contributed by atoms with E-state index in [0.717, 1.165) is 22.5 Å². The van der Waals surface area contributed by atoms with Crippen LogP contribution in [0.2, 0.25) is 0 Å². The summed E-state index contributed by atoms with van der Waals surface area (Å²) < 4.78 is 22.3. The summed E-state index contributed by atoms with van der Waals surface area (Å²) >= 11 is 0. The minimum atomic E-state index is -0.743. The molecule has 0 unspecified atom stereocenters. The molecule has 0 spiro atoms. The van der Waals surface area contributed by atoms with Gasteiger partial charge in [0.25, 0.3) is 5.91 Å². The Hall–Kier alpha value is -5.24. The number of benzene rings is 4. The molecule has 0 saturated carbocycles. The number of amides is 1. The van der Waals surface area contributed by atoms with E-state index in [9.17, 15) is 9.59 Å². The summed E-state index contributed by atoms with van der Waals surface area (Å²) in [7, 11) is 6.14. The zero-order valence-corrected chi connectivity index (χ0v) is 25.1. The summed E-state index contributed by atoms with van der Waals surface area (Å²) in [4.78, 5) is 30.9. The van der Waals surface area contributed by atoms with E-state index < -0.39 is 6.04 Å². The Morgan fingerprint density at radius 1 is 0.750 bits per heavy atom. The van der Waals surface area contributed by atoms with Crippen molar-refractivity contribution in [2.75, 3.05) is 38.7 Å². The van der Waals surface area contributed by atoms with Crippen LogP contribution in [0, 0.1) is 0 Å². The van der Waals surface area contributed by atoms with Crippen molar-refractivity contribution in [2.24, 2.45) is 0 Å². The third-order valence-corrected chi connectivity index (χ3v) is 8.30. The third kappa shape index (κ3) is 5.13. The van der Waals surface area contributed by atoms with Crippen LogP contribution in [0.3, 0.4) is 0 Å². The van der Waals surface area contributed by atoms with Crippen LogP contribution in [0.4, 0.5) is 11.4 Å². The molecule has 1 N–H and O–H groups in total. The van der Waals surface area contributed by atoms with E-state index in [4.69, 9.17) is 18.9 Å². The summed E-state index contributed by atoms with van der Waals surface area (Å²) in [5.74, 6) is 1.37. The van der Waals surface area contributed by atoms with Crippen LogP contribution in [-0.2, 0) is 4.79 Å². The van der Waals surface area contributed by atoms with Crippen LogP contribution in [0.1, 0.15) is 46.3 Å². The van der Waals surface area contributed by atoms with Gasteiger partial charge in [-0.15, -0.1) is 0 Å². The maximum Gasteiger partial charge on any atom is 0.259 e. The Balaban J connectivity index is 1.58. The molecule has 44 heavy (non-hydrogen) atoms. The number of Topliss-reactive ketones (excluding diaryl/α,β-unsaturated/α-hetero) is 1. The number of rotatable bonds is 7. The maximum atomic E-state index is 14.8. The Labute approximate surface area is 256 Å². The van der Waals surface area contributed by atoms with Gasteiger partial charge in [0.2, 0.25) is 5.75 Å². The first-order valence-electron chi connectivity index (χ1n) is 14.4. The molecule has 0 aromatic heterocycles. The number of para-hydroxylation sites is 2. The van der Waals surface area contributed by atoms with Gasteiger partial charge in [0, 0.05) is 23.3 Å². The second kappa shape index (κ2) is 12.2. The molecule has 2 atom stereocenters. The zero-order valence-electron chi connectivity index (χ0n) is 25.1. The van der Waals surface area contributed by atoms with Crippen LogP contribution in [0.15, 0.2) is 102 Å². The number of carbonyl (C=O) groups is 2. The molecule has 0 radical (unpaired) electrons. The molecule has 1 heterocycles. The number of carbonyl (C=O) groups excluding carboxylic acids is 2. The van der Waals surface area contributed by atoms with Crippen molar-refractivity contribution in [2.45, 2.75) is 24.8 Å². The summed E-state index contributed by atoms with van der Waals surface area (Å²) in [5, 5.41) is 3.58. The zero-order chi connectivity index (χ0) is 30.8. The Kier molecular flexibility index (Phi) is 7.98. The second-order valence-corrected chi connectivity index (χ2v) is 10.7. The highest BCUT2D eigenvalue weighted by Gasteiger charge is 2.42. The first-order chi connectivity index (χ1) is 21.5. The minimum Gasteiger partial charge on any atom is -0.497 e. The van der Waals surface area contributed by atoms with Crippen LogP contribution >= 0.6 is 0 Å². The number of methoxy groups -OCH3 is 4. The summed E-state index contributed by atoms with van der Waals surface area (Å²) in [5.41, 5.74) is 4.90. The van der Waals surface area contributed by atoms with Crippen molar-refractivity contribution in [3.8, 4) is 23.0 Å². The summed E-state index contributed by atoms with van der Waals surface area (Å²) in [6, 6.07) is 27.8. The van der Waals surface area contributed by atoms with Crippen molar-refractivity contribution in [3.05, 3.63) is 119 Å². The first-order valence-corrected chi connectivity index (χ1v) is 14.4. The van der Waals surface area contributed by atoms with E-state index in [1.165, 1.54) is 21.3 Å². The molecule has 1 aliphatic carbocycles. The summed E-state index contributed by atoms with van der Waals surface area (Å²) in [6.07, 6.45) is 0.944. The Bertz CT molecular complexity index is 1720. The van der Waals surface area contributed by atoms with Gasteiger partial charge < -0.3 is 24.3 Å². The summed E-state index contributed by atoms with van der Waals surface area (Å²) in [6.45, 7) is 0. The number of ether oxygens (including phenoxy) is 4. The van der Waals surface area contributed by atoms with E-state index in [1.54, 1.807) is 24.1 Å². The number of nitrogens with zero attached hydrogens (tertiary/aromatic N) is 1. The fourth-order valence-corrected chi connectivity index (χ4v) is 6.25. The highest BCUT2D eigenvalue weighted by atomic mass is 16.5. The smallest absolute Gasteiger partial charge is 0.259 e. The molecule has 2 aliphatic rings. The fourth-order valence-electron chi connectivity index (χ4n) is 6.25. The van der Waals surface area contributed by atoms with E-state index >= 15 is 0 Å². The molecular weight excluding hydrogens is 556 g/mol. The van der Waals surface area contributed by atoms with Gasteiger partial charge in [-0.2, -0.15) is 0 Å². The molecule has 0 fully saturated rings. The van der Waals surface area contributed by atoms with Gasteiger partial charge in [-0.1, -0.05) is 54.6 Å². The SMILES string of the molecule is COc1cccc([C@@H]2C3=C(C[C@@H](c4ccccc4)CC3=O)Nc3ccccc3N2C(=O)c2cc(OC)c(OC)c(OC)c2)c1. The lowest BCUT2D eigenvalue weighted by Gasteiger charge is -2.35. The van der Waals surface area contributed by atoms with Crippen LogP contribution in [0.25, 0.3) is 0 Å². The van der Waals surface area contributed by atoms with Crippen LogP contribution in [-0.4, -0.2) is 40.1 Å². The van der Waals surface area contributed by atoms with E-state index in [2.05, 4.69) is 17.4 Å². The van der Waals surface area contributed by atoms with Gasteiger partial charge in [-0.25, -0.2) is 0 Å². The Morgan fingerprint density at radius 2 is 1.43 bits per heavy atom. The quantitative estimate of drug-likeness (QED) is 0.250. The van der Waals surface area contributed by atoms with Crippen molar-refractivity contribution in [3.63, 3.8) is 0 Å². The second-order valence-electron chi connectivity index (χ2n) is 10.7. The molecule has 1 amide bonds. The number of anilines is 2. The van der Waals surface area contributed by atoms with E-state index in [1.807, 2.05) is 66.7 Å². The van der Waals surface area contributed by atoms with Crippen molar-refractivity contribution in [1.29, 1.82) is 0 Å². The lowest BCUT2D eigenvalue weighted by atomic mass is 9.78. The molecule has 0 saturated heterocycles. The Morgan fingerprint density at radius 3 is 2.11 bits per heavy atom. The van der Waals surface area contributed by atoms with Crippen molar-refractivity contribution >= 4 is 23.1 Å². The standard InChI is InChI=1S/C36H34N2O6/c1-41-26-14-10-13-23(17-26)34-33-28(18-24(19-30(33)39)22-11-6-5-7-12-22)37-27-15-8-9-16-29(27)38(34)36(40)25-20-31(42-2)35(44-4)32(21-25)43-3/h5-17,20-21,24,34,37H,18-19H2,1-4H3/t24-,34-/m1/s1. The molecule has 8 nitrogen and oxygen atoms in total. The van der Waals surface area contributed by atoms with Gasteiger partial charge in [0.15, 0.2) is 17.3 Å².